The van der Waals surface area contributed by atoms with Gasteiger partial charge in [0.25, 0.3) is 0 Å². The smallest absolute Gasteiger partial charge is 0.243 e. The summed E-state index contributed by atoms with van der Waals surface area (Å²) in [7, 11) is 0. The maximum absolute atomic E-state index is 12.2. The number of hydrogen-bond donors (Lipinski definition) is 3. The second-order valence-corrected chi connectivity index (χ2v) is 7.91. The standard InChI is InChI=1S/C16H20N4O2S/c1-9-4-5-10-11(6-9)19-13(18-10)7-17-14(21)12-8-23-16(2,3)15(22)20-12/h4-6,12H,7-8H2,1-3H3,(H,17,21)(H,18,19)(H,20,22). The second-order valence-electron chi connectivity index (χ2n) is 6.27. The van der Waals surface area contributed by atoms with Crippen LogP contribution in [0.4, 0.5) is 0 Å². The highest BCUT2D eigenvalue weighted by atomic mass is 32.2. The van der Waals surface area contributed by atoms with Crippen LogP contribution in [0.5, 0.6) is 0 Å². The number of hydrogen-bond acceptors (Lipinski definition) is 4. The van der Waals surface area contributed by atoms with Crippen molar-refractivity contribution < 1.29 is 9.59 Å². The van der Waals surface area contributed by atoms with Crippen molar-refractivity contribution in [2.24, 2.45) is 0 Å². The third-order valence-electron chi connectivity index (χ3n) is 3.90. The average molecular weight is 332 g/mol. The Balaban J connectivity index is 1.61. The normalized spacial score (nSPS) is 20.3. The van der Waals surface area contributed by atoms with Crippen LogP contribution in [-0.2, 0) is 16.1 Å². The highest BCUT2D eigenvalue weighted by Crippen LogP contribution is 2.29. The molecule has 122 valence electrons. The van der Waals surface area contributed by atoms with E-state index in [1.54, 1.807) is 0 Å². The molecule has 1 aromatic heterocycles. The van der Waals surface area contributed by atoms with Gasteiger partial charge in [0.05, 0.1) is 22.3 Å². The van der Waals surface area contributed by atoms with Gasteiger partial charge in [0.15, 0.2) is 0 Å². The van der Waals surface area contributed by atoms with Gasteiger partial charge >= 0.3 is 0 Å². The first kappa shape index (κ1) is 15.9. The molecule has 7 heteroatoms. The van der Waals surface area contributed by atoms with Crippen LogP contribution in [0.15, 0.2) is 18.2 Å². The van der Waals surface area contributed by atoms with Gasteiger partial charge in [-0.05, 0) is 38.5 Å². The molecule has 0 bridgehead atoms. The Morgan fingerprint density at radius 2 is 2.26 bits per heavy atom. The Hall–Kier alpha value is -2.02. The zero-order valence-corrected chi connectivity index (χ0v) is 14.2. The third kappa shape index (κ3) is 3.34. The molecule has 1 fully saturated rings. The number of aryl methyl sites for hydroxylation is 1. The number of aromatic nitrogens is 2. The van der Waals surface area contributed by atoms with E-state index in [9.17, 15) is 9.59 Å². The Morgan fingerprint density at radius 3 is 3.00 bits per heavy atom. The van der Waals surface area contributed by atoms with Crippen molar-refractivity contribution in [3.8, 4) is 0 Å². The number of rotatable bonds is 3. The van der Waals surface area contributed by atoms with Gasteiger partial charge in [0, 0.05) is 5.75 Å². The van der Waals surface area contributed by atoms with Gasteiger partial charge in [-0.25, -0.2) is 4.98 Å². The number of H-pyrrole nitrogens is 1. The maximum atomic E-state index is 12.2. The molecule has 0 radical (unpaired) electrons. The summed E-state index contributed by atoms with van der Waals surface area (Å²) in [6.07, 6.45) is 0. The van der Waals surface area contributed by atoms with Crippen LogP contribution in [0.25, 0.3) is 11.0 Å². The lowest BCUT2D eigenvalue weighted by Crippen LogP contribution is -2.57. The molecule has 0 aliphatic carbocycles. The lowest BCUT2D eigenvalue weighted by Gasteiger charge is -2.32. The monoisotopic (exact) mass is 332 g/mol. The molecule has 3 rings (SSSR count). The number of amides is 2. The lowest BCUT2D eigenvalue weighted by molar-refractivity contribution is -0.129. The van der Waals surface area contributed by atoms with Crippen LogP contribution < -0.4 is 10.6 Å². The highest BCUT2D eigenvalue weighted by Gasteiger charge is 2.37. The maximum Gasteiger partial charge on any atom is 0.243 e. The van der Waals surface area contributed by atoms with Gasteiger partial charge in [-0.15, -0.1) is 11.8 Å². The molecule has 2 amide bonds. The number of nitrogens with zero attached hydrogens (tertiary/aromatic N) is 1. The number of carbonyl (C=O) groups is 2. The molecule has 1 unspecified atom stereocenters. The van der Waals surface area contributed by atoms with Gasteiger partial charge in [-0.1, -0.05) is 6.07 Å². The first-order valence-electron chi connectivity index (χ1n) is 7.53. The predicted octanol–water partition coefficient (Wildman–Crippen LogP) is 1.50. The number of fused-ring (bicyclic) bond motifs is 1. The largest absolute Gasteiger partial charge is 0.347 e. The number of imidazole rings is 1. The van der Waals surface area contributed by atoms with E-state index in [0.29, 0.717) is 18.1 Å². The molecule has 6 nitrogen and oxygen atoms in total. The fraction of sp³-hybridized carbons (Fsp3) is 0.438. The Morgan fingerprint density at radius 1 is 1.48 bits per heavy atom. The van der Waals surface area contributed by atoms with Gasteiger partial charge in [-0.3, -0.25) is 9.59 Å². The van der Waals surface area contributed by atoms with Crippen LogP contribution in [0, 0.1) is 6.92 Å². The van der Waals surface area contributed by atoms with Crippen LogP contribution in [0.3, 0.4) is 0 Å². The van der Waals surface area contributed by atoms with E-state index in [1.165, 1.54) is 11.8 Å². The molecule has 1 aliphatic rings. The van der Waals surface area contributed by atoms with Crippen molar-refractivity contribution in [3.05, 3.63) is 29.6 Å². The quantitative estimate of drug-likeness (QED) is 0.795. The van der Waals surface area contributed by atoms with Gasteiger partial charge < -0.3 is 15.6 Å². The van der Waals surface area contributed by atoms with Crippen molar-refractivity contribution >= 4 is 34.6 Å². The molecule has 3 N–H and O–H groups in total. The SMILES string of the molecule is Cc1ccc2nc(CNC(=O)C3CSC(C)(C)C(=O)N3)[nH]c2c1. The number of nitrogens with one attached hydrogen (secondary N) is 3. The fourth-order valence-corrected chi connectivity index (χ4v) is 3.43. The zero-order valence-electron chi connectivity index (χ0n) is 13.4. The second kappa shape index (κ2) is 5.88. The Labute approximate surface area is 138 Å². The van der Waals surface area contributed by atoms with Crippen LogP contribution in [0.1, 0.15) is 25.2 Å². The summed E-state index contributed by atoms with van der Waals surface area (Å²) in [6, 6.07) is 5.48. The molecule has 0 saturated carbocycles. The van der Waals surface area contributed by atoms with Crippen molar-refractivity contribution in [2.75, 3.05) is 5.75 Å². The first-order valence-corrected chi connectivity index (χ1v) is 8.51. The van der Waals surface area contributed by atoms with E-state index in [1.807, 2.05) is 39.0 Å². The molecule has 2 aromatic rings. The third-order valence-corrected chi connectivity index (χ3v) is 5.30. The van der Waals surface area contributed by atoms with Crippen LogP contribution in [-0.4, -0.2) is 38.3 Å². The Kier molecular flexibility index (Phi) is 4.06. The first-order chi connectivity index (χ1) is 10.8. The molecule has 1 saturated heterocycles. The molecule has 0 spiro atoms. The zero-order chi connectivity index (χ0) is 16.6. The number of thioether (sulfide) groups is 1. The molecule has 1 aromatic carbocycles. The van der Waals surface area contributed by atoms with E-state index in [2.05, 4.69) is 20.6 Å². The summed E-state index contributed by atoms with van der Waals surface area (Å²) >= 11 is 1.50. The molecular weight excluding hydrogens is 312 g/mol. The molecule has 1 atom stereocenters. The topological polar surface area (TPSA) is 86.9 Å². The number of aromatic amines is 1. The van der Waals surface area contributed by atoms with E-state index in [-0.39, 0.29) is 11.8 Å². The van der Waals surface area contributed by atoms with Crippen molar-refractivity contribution in [1.29, 1.82) is 0 Å². The van der Waals surface area contributed by atoms with Gasteiger partial charge in [0.2, 0.25) is 11.8 Å². The molecule has 2 heterocycles. The molecule has 1 aliphatic heterocycles. The van der Waals surface area contributed by atoms with Crippen LogP contribution in [0.2, 0.25) is 0 Å². The summed E-state index contributed by atoms with van der Waals surface area (Å²) in [5, 5.41) is 5.61. The summed E-state index contributed by atoms with van der Waals surface area (Å²) in [5.74, 6) is 0.990. The minimum atomic E-state index is -0.493. The van der Waals surface area contributed by atoms with E-state index in [4.69, 9.17) is 0 Å². The summed E-state index contributed by atoms with van der Waals surface area (Å²) in [5.41, 5.74) is 2.99. The van der Waals surface area contributed by atoms with Crippen molar-refractivity contribution in [1.82, 2.24) is 20.6 Å². The van der Waals surface area contributed by atoms with Crippen molar-refractivity contribution in [2.45, 2.75) is 38.1 Å². The van der Waals surface area contributed by atoms with E-state index in [0.717, 1.165) is 16.6 Å². The Bertz CT molecular complexity index is 769. The summed E-state index contributed by atoms with van der Waals surface area (Å²) in [6.45, 7) is 6.05. The van der Waals surface area contributed by atoms with Crippen molar-refractivity contribution in [3.63, 3.8) is 0 Å². The fourth-order valence-electron chi connectivity index (χ4n) is 2.43. The molecular formula is C16H20N4O2S. The van der Waals surface area contributed by atoms with Crippen LogP contribution >= 0.6 is 11.8 Å². The predicted molar refractivity (Wildman–Crippen MR) is 91.1 cm³/mol. The van der Waals surface area contributed by atoms with Gasteiger partial charge in [0.1, 0.15) is 11.9 Å². The van der Waals surface area contributed by atoms with E-state index < -0.39 is 10.8 Å². The van der Waals surface area contributed by atoms with Gasteiger partial charge in [-0.2, -0.15) is 0 Å². The number of carbonyl (C=O) groups excluding carboxylic acids is 2. The lowest BCUT2D eigenvalue weighted by atomic mass is 10.1. The summed E-state index contributed by atoms with van der Waals surface area (Å²) < 4.78 is -0.479. The highest BCUT2D eigenvalue weighted by molar-refractivity contribution is 8.01. The minimum absolute atomic E-state index is 0.104. The summed E-state index contributed by atoms with van der Waals surface area (Å²) in [4.78, 5) is 31.8. The minimum Gasteiger partial charge on any atom is -0.347 e. The molecule has 23 heavy (non-hydrogen) atoms. The van der Waals surface area contributed by atoms with E-state index >= 15 is 0 Å². The number of benzene rings is 1. The average Bonchev–Trinajstić information content (AvgIpc) is 2.89.